The summed E-state index contributed by atoms with van der Waals surface area (Å²) in [7, 11) is 0. The predicted octanol–water partition coefficient (Wildman–Crippen LogP) is 3.62. The van der Waals surface area contributed by atoms with Gasteiger partial charge >= 0.3 is 0 Å². The summed E-state index contributed by atoms with van der Waals surface area (Å²) < 4.78 is 0. The van der Waals surface area contributed by atoms with E-state index in [1.807, 2.05) is 19.1 Å². The monoisotopic (exact) mass is 263 g/mol. The minimum atomic E-state index is -0.762. The third-order valence-corrected chi connectivity index (χ3v) is 3.35. The average molecular weight is 263 g/mol. The molecule has 0 amide bonds. The van der Waals surface area contributed by atoms with Crippen molar-refractivity contribution in [2.24, 2.45) is 0 Å². The molecule has 1 atom stereocenters. The van der Waals surface area contributed by atoms with Crippen LogP contribution in [0.2, 0.25) is 0 Å². The Labute approximate surface area is 118 Å². The lowest BCUT2D eigenvalue weighted by Crippen LogP contribution is -2.39. The summed E-state index contributed by atoms with van der Waals surface area (Å²) in [4.78, 5) is 0. The van der Waals surface area contributed by atoms with Gasteiger partial charge in [-0.15, -0.1) is 0 Å². The first-order valence-corrected chi connectivity index (χ1v) is 7.31. The first-order valence-electron chi connectivity index (χ1n) is 7.31. The van der Waals surface area contributed by atoms with E-state index in [4.69, 9.17) is 0 Å². The van der Waals surface area contributed by atoms with Gasteiger partial charge in [0.15, 0.2) is 0 Å². The normalized spacial score (nSPS) is 15.3. The van der Waals surface area contributed by atoms with Crippen molar-refractivity contribution in [3.63, 3.8) is 0 Å². The van der Waals surface area contributed by atoms with Gasteiger partial charge in [0.2, 0.25) is 0 Å². The van der Waals surface area contributed by atoms with Gasteiger partial charge in [-0.1, -0.05) is 37.6 Å². The molecule has 0 aliphatic heterocycles. The molecule has 1 aromatic rings. The minimum absolute atomic E-state index is 0.0974. The molecule has 0 aliphatic rings. The highest BCUT2D eigenvalue weighted by molar-refractivity contribution is 5.28. The molecule has 108 valence electrons. The lowest BCUT2D eigenvalue weighted by molar-refractivity contribution is 0.0463. The molecule has 0 radical (unpaired) electrons. The topological polar surface area (TPSA) is 32.3 Å². The Balaban J connectivity index is 2.68. The predicted molar refractivity (Wildman–Crippen MR) is 82.4 cm³/mol. The van der Waals surface area contributed by atoms with Gasteiger partial charge in [0.25, 0.3) is 0 Å². The highest BCUT2D eigenvalue weighted by atomic mass is 16.3. The van der Waals surface area contributed by atoms with Gasteiger partial charge in [-0.05, 0) is 58.2 Å². The molecule has 0 bridgehead atoms. The number of hydrogen-bond acceptors (Lipinski definition) is 2. The summed E-state index contributed by atoms with van der Waals surface area (Å²) in [5, 5.41) is 14.1. The average Bonchev–Trinajstić information content (AvgIpc) is 2.28. The maximum atomic E-state index is 10.6. The van der Waals surface area contributed by atoms with Crippen molar-refractivity contribution >= 4 is 0 Å². The second kappa shape index (κ2) is 6.53. The van der Waals surface area contributed by atoms with Gasteiger partial charge in [0.1, 0.15) is 0 Å². The Morgan fingerprint density at radius 2 is 1.84 bits per heavy atom. The zero-order valence-electron chi connectivity index (χ0n) is 13.1. The maximum absolute atomic E-state index is 10.6. The third-order valence-electron chi connectivity index (χ3n) is 3.35. The highest BCUT2D eigenvalue weighted by Gasteiger charge is 2.23. The summed E-state index contributed by atoms with van der Waals surface area (Å²) in [6, 6.07) is 8.35. The van der Waals surface area contributed by atoms with Gasteiger partial charge in [-0.25, -0.2) is 0 Å². The Hall–Kier alpha value is -0.860. The van der Waals surface area contributed by atoms with Crippen LogP contribution in [0.25, 0.3) is 0 Å². The zero-order chi connectivity index (χ0) is 14.5. The fraction of sp³-hybridized carbons (Fsp3) is 0.647. The number of nitrogens with one attached hydrogen (secondary N) is 1. The van der Waals surface area contributed by atoms with E-state index in [-0.39, 0.29) is 5.54 Å². The molecule has 1 unspecified atom stereocenters. The minimum Gasteiger partial charge on any atom is -0.385 e. The number of benzene rings is 1. The van der Waals surface area contributed by atoms with Crippen LogP contribution in [0.3, 0.4) is 0 Å². The standard InChI is InChI=1S/C17H29NO/c1-6-8-14-9-7-10-15(13-14)17(5,19)11-12-18-16(2,3)4/h7,9-10,13,18-19H,6,8,11-12H2,1-5H3. The highest BCUT2D eigenvalue weighted by Crippen LogP contribution is 2.25. The molecule has 0 heterocycles. The van der Waals surface area contributed by atoms with E-state index < -0.39 is 5.60 Å². The fourth-order valence-corrected chi connectivity index (χ4v) is 2.18. The van der Waals surface area contributed by atoms with Gasteiger partial charge in [-0.2, -0.15) is 0 Å². The quantitative estimate of drug-likeness (QED) is 0.821. The second-order valence-electron chi connectivity index (χ2n) is 6.65. The molecule has 0 fully saturated rings. The molecule has 1 rings (SSSR count). The molecule has 2 N–H and O–H groups in total. The van der Waals surface area contributed by atoms with Gasteiger partial charge in [0.05, 0.1) is 5.60 Å². The summed E-state index contributed by atoms with van der Waals surface area (Å²) in [6.07, 6.45) is 2.93. The maximum Gasteiger partial charge on any atom is 0.0880 e. The number of aliphatic hydroxyl groups is 1. The van der Waals surface area contributed by atoms with Crippen LogP contribution in [-0.4, -0.2) is 17.2 Å². The number of rotatable bonds is 6. The van der Waals surface area contributed by atoms with E-state index in [1.54, 1.807) is 0 Å². The van der Waals surface area contributed by atoms with E-state index in [9.17, 15) is 5.11 Å². The first-order chi connectivity index (χ1) is 8.74. The van der Waals surface area contributed by atoms with E-state index in [0.29, 0.717) is 0 Å². The van der Waals surface area contributed by atoms with Crippen molar-refractivity contribution in [3.05, 3.63) is 35.4 Å². The van der Waals surface area contributed by atoms with E-state index in [2.05, 4.69) is 45.1 Å². The molecule has 0 aliphatic carbocycles. The zero-order valence-corrected chi connectivity index (χ0v) is 13.1. The van der Waals surface area contributed by atoms with Crippen molar-refractivity contribution < 1.29 is 5.11 Å². The van der Waals surface area contributed by atoms with Gasteiger partial charge in [-0.3, -0.25) is 0 Å². The molecule has 2 heteroatoms. The van der Waals surface area contributed by atoms with Gasteiger partial charge < -0.3 is 10.4 Å². The van der Waals surface area contributed by atoms with Crippen molar-refractivity contribution in [2.45, 2.75) is 65.0 Å². The first kappa shape index (κ1) is 16.2. The molecule has 0 saturated carbocycles. The van der Waals surface area contributed by atoms with Crippen LogP contribution in [-0.2, 0) is 12.0 Å². The summed E-state index contributed by atoms with van der Waals surface area (Å²) in [6.45, 7) is 11.3. The van der Waals surface area contributed by atoms with E-state index in [0.717, 1.165) is 31.4 Å². The number of aryl methyl sites for hydroxylation is 1. The Bertz CT molecular complexity index is 390. The van der Waals surface area contributed by atoms with Crippen molar-refractivity contribution in [1.29, 1.82) is 0 Å². The number of hydrogen-bond donors (Lipinski definition) is 2. The Morgan fingerprint density at radius 1 is 1.16 bits per heavy atom. The molecule has 19 heavy (non-hydrogen) atoms. The summed E-state index contributed by atoms with van der Waals surface area (Å²) in [5.41, 5.74) is 1.67. The molecular formula is C17H29NO. The van der Waals surface area contributed by atoms with Crippen LogP contribution in [0, 0.1) is 0 Å². The van der Waals surface area contributed by atoms with Crippen molar-refractivity contribution in [3.8, 4) is 0 Å². The Kier molecular flexibility index (Phi) is 5.57. The van der Waals surface area contributed by atoms with E-state index >= 15 is 0 Å². The molecule has 1 aromatic carbocycles. The smallest absolute Gasteiger partial charge is 0.0880 e. The van der Waals surface area contributed by atoms with Crippen molar-refractivity contribution in [1.82, 2.24) is 5.32 Å². The Morgan fingerprint density at radius 3 is 2.42 bits per heavy atom. The van der Waals surface area contributed by atoms with Crippen LogP contribution in [0.4, 0.5) is 0 Å². The molecule has 0 saturated heterocycles. The summed E-state index contributed by atoms with van der Waals surface area (Å²) >= 11 is 0. The lowest BCUT2D eigenvalue weighted by atomic mass is 9.90. The molecule has 0 spiro atoms. The van der Waals surface area contributed by atoms with Crippen LogP contribution in [0.5, 0.6) is 0 Å². The van der Waals surface area contributed by atoms with Crippen LogP contribution in [0.1, 0.15) is 58.6 Å². The SMILES string of the molecule is CCCc1cccc(C(C)(O)CCNC(C)(C)C)c1. The molecular weight excluding hydrogens is 234 g/mol. The van der Waals surface area contributed by atoms with Crippen LogP contribution >= 0.6 is 0 Å². The van der Waals surface area contributed by atoms with E-state index in [1.165, 1.54) is 5.56 Å². The fourth-order valence-electron chi connectivity index (χ4n) is 2.18. The van der Waals surface area contributed by atoms with Crippen LogP contribution < -0.4 is 5.32 Å². The molecule has 0 aromatic heterocycles. The third kappa shape index (κ3) is 5.75. The second-order valence-corrected chi connectivity index (χ2v) is 6.65. The van der Waals surface area contributed by atoms with Gasteiger partial charge in [0, 0.05) is 5.54 Å². The lowest BCUT2D eigenvalue weighted by Gasteiger charge is -2.27. The van der Waals surface area contributed by atoms with Crippen LogP contribution in [0.15, 0.2) is 24.3 Å². The largest absolute Gasteiger partial charge is 0.385 e. The summed E-state index contributed by atoms with van der Waals surface area (Å²) in [5.74, 6) is 0. The molecule has 2 nitrogen and oxygen atoms in total. The van der Waals surface area contributed by atoms with Crippen molar-refractivity contribution in [2.75, 3.05) is 6.54 Å².